The summed E-state index contributed by atoms with van der Waals surface area (Å²) in [5, 5.41) is 2.17. The fraction of sp³-hybridized carbons (Fsp3) is 0.217. The number of ether oxygens (including phenoxy) is 1. The molecular formula is C23H24ClNO5S2. The highest BCUT2D eigenvalue weighted by atomic mass is 35.5. The lowest BCUT2D eigenvalue weighted by atomic mass is 10.0. The van der Waals surface area contributed by atoms with Crippen LogP contribution in [0.1, 0.15) is 21.9 Å². The zero-order valence-electron chi connectivity index (χ0n) is 17.4. The SMILES string of the molecule is COc1ccccc1CNCc1cccc2c1C(S(=O)(=O)c1ccccc1)CS2(=O)=O.Cl. The van der Waals surface area contributed by atoms with Gasteiger partial charge in [0.2, 0.25) is 0 Å². The van der Waals surface area contributed by atoms with E-state index in [9.17, 15) is 16.8 Å². The highest BCUT2D eigenvalue weighted by molar-refractivity contribution is 7.96. The van der Waals surface area contributed by atoms with Crippen LogP contribution >= 0.6 is 12.4 Å². The molecule has 32 heavy (non-hydrogen) atoms. The molecule has 1 unspecified atom stereocenters. The van der Waals surface area contributed by atoms with Crippen LogP contribution < -0.4 is 10.1 Å². The molecule has 0 aliphatic carbocycles. The first kappa shape index (κ1) is 24.3. The number of rotatable bonds is 7. The van der Waals surface area contributed by atoms with Crippen molar-refractivity contribution in [1.29, 1.82) is 0 Å². The summed E-state index contributed by atoms with van der Waals surface area (Å²) in [7, 11) is -5.94. The highest BCUT2D eigenvalue weighted by Crippen LogP contribution is 2.42. The van der Waals surface area contributed by atoms with Gasteiger partial charge in [0.15, 0.2) is 19.7 Å². The quantitative estimate of drug-likeness (QED) is 0.539. The van der Waals surface area contributed by atoms with E-state index in [1.165, 1.54) is 18.2 Å². The molecule has 1 aliphatic rings. The van der Waals surface area contributed by atoms with Gasteiger partial charge >= 0.3 is 0 Å². The maximum atomic E-state index is 13.3. The third-order valence-electron chi connectivity index (χ3n) is 5.45. The molecule has 0 radical (unpaired) electrons. The lowest BCUT2D eigenvalue weighted by molar-refractivity contribution is 0.407. The molecule has 3 aromatic carbocycles. The maximum absolute atomic E-state index is 13.3. The molecule has 1 atom stereocenters. The van der Waals surface area contributed by atoms with Crippen LogP contribution in [0.3, 0.4) is 0 Å². The van der Waals surface area contributed by atoms with E-state index in [2.05, 4.69) is 5.32 Å². The van der Waals surface area contributed by atoms with E-state index in [0.717, 1.165) is 11.3 Å². The van der Waals surface area contributed by atoms with Gasteiger partial charge in [0.25, 0.3) is 0 Å². The molecule has 0 fully saturated rings. The summed E-state index contributed by atoms with van der Waals surface area (Å²) in [6, 6.07) is 20.5. The van der Waals surface area contributed by atoms with Crippen molar-refractivity contribution in [2.24, 2.45) is 0 Å². The monoisotopic (exact) mass is 493 g/mol. The Kier molecular flexibility index (Phi) is 7.29. The lowest BCUT2D eigenvalue weighted by Crippen LogP contribution is -2.19. The molecule has 4 rings (SSSR count). The van der Waals surface area contributed by atoms with Gasteiger partial charge in [0.1, 0.15) is 11.0 Å². The second-order valence-electron chi connectivity index (χ2n) is 7.37. The second-order valence-corrected chi connectivity index (χ2v) is 11.5. The molecule has 0 amide bonds. The first-order valence-corrected chi connectivity index (χ1v) is 13.0. The third kappa shape index (κ3) is 4.54. The summed E-state index contributed by atoms with van der Waals surface area (Å²) >= 11 is 0. The zero-order chi connectivity index (χ0) is 22.1. The van der Waals surface area contributed by atoms with Gasteiger partial charge in [0, 0.05) is 18.7 Å². The van der Waals surface area contributed by atoms with Crippen LogP contribution in [-0.4, -0.2) is 29.7 Å². The smallest absolute Gasteiger partial charge is 0.186 e. The van der Waals surface area contributed by atoms with E-state index in [1.54, 1.807) is 37.4 Å². The largest absolute Gasteiger partial charge is 0.496 e. The van der Waals surface area contributed by atoms with E-state index >= 15 is 0 Å². The van der Waals surface area contributed by atoms with Crippen LogP contribution in [0.5, 0.6) is 5.75 Å². The number of methoxy groups -OCH3 is 1. The molecule has 6 nitrogen and oxygen atoms in total. The number of halogens is 1. The van der Waals surface area contributed by atoms with Gasteiger partial charge in [-0.3, -0.25) is 0 Å². The molecule has 3 aromatic rings. The van der Waals surface area contributed by atoms with E-state index in [1.807, 2.05) is 24.3 Å². The van der Waals surface area contributed by atoms with Crippen molar-refractivity contribution in [3.63, 3.8) is 0 Å². The van der Waals surface area contributed by atoms with Crippen LogP contribution in [-0.2, 0) is 32.8 Å². The molecule has 1 heterocycles. The van der Waals surface area contributed by atoms with Crippen molar-refractivity contribution < 1.29 is 21.6 Å². The molecule has 1 N–H and O–H groups in total. The number of hydrogen-bond donors (Lipinski definition) is 1. The summed E-state index contributed by atoms with van der Waals surface area (Å²) in [6.45, 7) is 0.827. The zero-order valence-corrected chi connectivity index (χ0v) is 19.8. The predicted molar refractivity (Wildman–Crippen MR) is 126 cm³/mol. The lowest BCUT2D eigenvalue weighted by Gasteiger charge is -2.16. The fourth-order valence-corrected chi connectivity index (χ4v) is 8.37. The highest BCUT2D eigenvalue weighted by Gasteiger charge is 2.44. The first-order valence-electron chi connectivity index (χ1n) is 9.80. The molecular weight excluding hydrogens is 470 g/mol. The Morgan fingerprint density at radius 1 is 0.906 bits per heavy atom. The molecule has 0 saturated carbocycles. The topological polar surface area (TPSA) is 89.5 Å². The van der Waals surface area contributed by atoms with E-state index in [0.29, 0.717) is 24.2 Å². The minimum absolute atomic E-state index is 0. The Morgan fingerprint density at radius 2 is 1.53 bits per heavy atom. The molecule has 9 heteroatoms. The predicted octanol–water partition coefficient (Wildman–Crippen LogP) is 3.71. The summed E-state index contributed by atoms with van der Waals surface area (Å²) < 4.78 is 57.5. The first-order chi connectivity index (χ1) is 14.8. The maximum Gasteiger partial charge on any atom is 0.186 e. The van der Waals surface area contributed by atoms with E-state index in [-0.39, 0.29) is 22.2 Å². The minimum Gasteiger partial charge on any atom is -0.496 e. The van der Waals surface area contributed by atoms with Crippen molar-refractivity contribution in [2.45, 2.75) is 28.1 Å². The standard InChI is InChI=1S/C23H23NO5S2.ClH/c1-29-20-12-6-5-8-17(20)14-24-15-18-9-7-13-21-23(18)22(16-30(21,25)26)31(27,28)19-10-3-2-4-11-19;/h2-13,22,24H,14-16H2,1H3;1H. The fourth-order valence-electron chi connectivity index (χ4n) is 3.95. The van der Waals surface area contributed by atoms with Crippen LogP contribution in [0, 0.1) is 0 Å². The summed E-state index contributed by atoms with van der Waals surface area (Å²) in [5.74, 6) is 0.309. The van der Waals surface area contributed by atoms with Crippen LogP contribution in [0.15, 0.2) is 82.6 Å². The van der Waals surface area contributed by atoms with E-state index < -0.39 is 30.7 Å². The van der Waals surface area contributed by atoms with Gasteiger partial charge in [-0.05, 0) is 35.4 Å². The van der Waals surface area contributed by atoms with Crippen molar-refractivity contribution in [1.82, 2.24) is 5.32 Å². The van der Waals surface area contributed by atoms with Gasteiger partial charge in [-0.1, -0.05) is 48.5 Å². The molecule has 0 bridgehead atoms. The number of fused-ring (bicyclic) bond motifs is 1. The van der Waals surface area contributed by atoms with Gasteiger partial charge in [-0.25, -0.2) is 16.8 Å². The molecule has 0 spiro atoms. The van der Waals surface area contributed by atoms with Crippen LogP contribution in [0.25, 0.3) is 0 Å². The van der Waals surface area contributed by atoms with Gasteiger partial charge < -0.3 is 10.1 Å². The Bertz CT molecular complexity index is 1310. The number of hydrogen-bond acceptors (Lipinski definition) is 6. The normalized spacial score (nSPS) is 16.7. The Labute approximate surface area is 194 Å². The number of sulfone groups is 2. The second kappa shape index (κ2) is 9.62. The number of nitrogens with one attached hydrogen (secondary N) is 1. The Morgan fingerprint density at radius 3 is 2.25 bits per heavy atom. The summed E-state index contributed by atoms with van der Waals surface area (Å²) in [6.07, 6.45) is 0. The van der Waals surface area contributed by atoms with Crippen LogP contribution in [0.2, 0.25) is 0 Å². The van der Waals surface area contributed by atoms with Crippen molar-refractivity contribution >= 4 is 32.1 Å². The number of benzene rings is 3. The van der Waals surface area contributed by atoms with Crippen molar-refractivity contribution in [3.05, 3.63) is 89.5 Å². The minimum atomic E-state index is -3.86. The van der Waals surface area contributed by atoms with E-state index in [4.69, 9.17) is 4.74 Å². The summed E-state index contributed by atoms with van der Waals surface area (Å²) in [5.41, 5.74) is 2.00. The van der Waals surface area contributed by atoms with Crippen molar-refractivity contribution in [3.8, 4) is 5.75 Å². The molecule has 170 valence electrons. The van der Waals surface area contributed by atoms with Crippen LogP contribution in [0.4, 0.5) is 0 Å². The Hall–Kier alpha value is -2.39. The average molecular weight is 494 g/mol. The van der Waals surface area contributed by atoms with Gasteiger partial charge in [0.05, 0.1) is 22.7 Å². The van der Waals surface area contributed by atoms with Gasteiger partial charge in [-0.15, -0.1) is 12.4 Å². The van der Waals surface area contributed by atoms with Crippen molar-refractivity contribution in [2.75, 3.05) is 12.9 Å². The molecule has 1 aliphatic heterocycles. The summed E-state index contributed by atoms with van der Waals surface area (Å²) in [4.78, 5) is 0.230. The Balaban J connectivity index is 0.00000289. The molecule has 0 saturated heterocycles. The number of para-hydroxylation sites is 1. The average Bonchev–Trinajstić information content (AvgIpc) is 3.07. The van der Waals surface area contributed by atoms with Gasteiger partial charge in [-0.2, -0.15) is 0 Å². The third-order valence-corrected chi connectivity index (χ3v) is 9.54. The molecule has 0 aromatic heterocycles.